The summed E-state index contributed by atoms with van der Waals surface area (Å²) in [5.74, 6) is -0.179. The number of hydrogen-bond donors (Lipinski definition) is 0. The van der Waals surface area contributed by atoms with Gasteiger partial charge >= 0.3 is 5.97 Å². The molecule has 3 aliphatic heterocycles. The highest BCUT2D eigenvalue weighted by atomic mass is 79.9. The Morgan fingerprint density at radius 2 is 1.93 bits per heavy atom. The van der Waals surface area contributed by atoms with Crippen molar-refractivity contribution in [3.8, 4) is 5.75 Å². The summed E-state index contributed by atoms with van der Waals surface area (Å²) in [7, 11) is 4.53. The lowest BCUT2D eigenvalue weighted by Crippen LogP contribution is -2.60. The number of likely N-dealkylation sites (N-methyl/N-ethyl adjacent to an activating group) is 1. The van der Waals surface area contributed by atoms with Crippen molar-refractivity contribution in [2.45, 2.75) is 36.1 Å². The van der Waals surface area contributed by atoms with E-state index in [4.69, 9.17) is 9.47 Å². The van der Waals surface area contributed by atoms with Gasteiger partial charge in [0.2, 0.25) is 0 Å². The average Bonchev–Trinajstić information content (AvgIpc) is 3.14. The van der Waals surface area contributed by atoms with E-state index in [0.29, 0.717) is 11.3 Å². The number of esters is 1. The van der Waals surface area contributed by atoms with E-state index >= 15 is 0 Å². The van der Waals surface area contributed by atoms with E-state index in [1.54, 1.807) is 45.0 Å². The average molecular weight is 469 g/mol. The summed E-state index contributed by atoms with van der Waals surface area (Å²) >= 11 is 4.87. The SMILES string of the molecule is COC(=O)[C@@]1(C)C[C@@]23S[C@@](C)(C(=O)N2[C@H]1c1cc(OC)ccc1Br)N(C)C3=O. The van der Waals surface area contributed by atoms with Crippen LogP contribution in [0.3, 0.4) is 0 Å². The first kappa shape index (κ1) is 19.6. The van der Waals surface area contributed by atoms with Crippen LogP contribution in [-0.4, -0.2) is 58.6 Å². The van der Waals surface area contributed by atoms with Gasteiger partial charge in [-0.1, -0.05) is 27.7 Å². The molecule has 7 nitrogen and oxygen atoms in total. The minimum atomic E-state index is -1.11. The third-order valence-electron chi connectivity index (χ3n) is 6.27. The molecule has 4 rings (SSSR count). The van der Waals surface area contributed by atoms with Gasteiger partial charge in [-0.3, -0.25) is 14.4 Å². The number of ether oxygens (including phenoxy) is 2. The fourth-order valence-corrected chi connectivity index (χ4v) is 7.19. The first-order valence-electron chi connectivity index (χ1n) is 8.81. The zero-order chi connectivity index (χ0) is 20.6. The topological polar surface area (TPSA) is 76.2 Å². The predicted molar refractivity (Wildman–Crippen MR) is 107 cm³/mol. The highest BCUT2D eigenvalue weighted by Gasteiger charge is 2.80. The van der Waals surface area contributed by atoms with E-state index in [9.17, 15) is 14.4 Å². The Kier molecular flexibility index (Phi) is 4.11. The molecule has 0 unspecified atom stereocenters. The molecule has 0 radical (unpaired) electrons. The Morgan fingerprint density at radius 1 is 1.25 bits per heavy atom. The highest BCUT2D eigenvalue weighted by molar-refractivity contribution is 9.10. The van der Waals surface area contributed by atoms with Gasteiger partial charge in [0.15, 0.2) is 9.74 Å². The van der Waals surface area contributed by atoms with Crippen LogP contribution in [0.15, 0.2) is 22.7 Å². The molecule has 28 heavy (non-hydrogen) atoms. The van der Waals surface area contributed by atoms with Gasteiger partial charge in [-0.2, -0.15) is 0 Å². The number of hydrogen-bond acceptors (Lipinski definition) is 6. The Hall–Kier alpha value is -1.74. The molecule has 4 atom stereocenters. The van der Waals surface area contributed by atoms with Gasteiger partial charge in [0.1, 0.15) is 5.75 Å². The van der Waals surface area contributed by atoms with Gasteiger partial charge in [0.25, 0.3) is 11.8 Å². The second-order valence-electron chi connectivity index (χ2n) is 7.78. The number of carbonyl (C=O) groups is 3. The van der Waals surface area contributed by atoms with E-state index in [1.165, 1.54) is 23.8 Å². The molecule has 3 heterocycles. The summed E-state index contributed by atoms with van der Waals surface area (Å²) in [4.78, 5) is 40.6. The molecule has 0 aromatic heterocycles. The monoisotopic (exact) mass is 468 g/mol. The Labute approximate surface area is 175 Å². The number of piperazine rings is 1. The molecule has 2 bridgehead atoms. The van der Waals surface area contributed by atoms with Crippen LogP contribution in [0.5, 0.6) is 5.75 Å². The molecule has 3 aliphatic rings. The van der Waals surface area contributed by atoms with Gasteiger partial charge in [-0.25, -0.2) is 0 Å². The first-order valence-corrected chi connectivity index (χ1v) is 10.4. The summed E-state index contributed by atoms with van der Waals surface area (Å²) in [6.07, 6.45) is 0.191. The van der Waals surface area contributed by atoms with Crippen molar-refractivity contribution >= 4 is 45.5 Å². The molecule has 0 aliphatic carbocycles. The molecule has 1 aromatic rings. The molecule has 9 heteroatoms. The maximum Gasteiger partial charge on any atom is 0.314 e. The third kappa shape index (κ3) is 2.09. The number of rotatable bonds is 3. The normalized spacial score (nSPS) is 36.1. The van der Waals surface area contributed by atoms with Crippen molar-refractivity contribution in [3.05, 3.63) is 28.2 Å². The first-order chi connectivity index (χ1) is 13.1. The Balaban J connectivity index is 1.97. The zero-order valence-corrected chi connectivity index (χ0v) is 18.6. The summed E-state index contributed by atoms with van der Waals surface area (Å²) in [5, 5.41) is 0. The molecule has 3 saturated heterocycles. The van der Waals surface area contributed by atoms with Crippen LogP contribution in [0, 0.1) is 5.41 Å². The number of benzene rings is 1. The number of amides is 2. The van der Waals surface area contributed by atoms with Crippen molar-refractivity contribution in [2.75, 3.05) is 21.3 Å². The zero-order valence-electron chi connectivity index (χ0n) is 16.2. The summed E-state index contributed by atoms with van der Waals surface area (Å²) in [5.41, 5.74) is -0.376. The minimum absolute atomic E-state index is 0.156. The van der Waals surface area contributed by atoms with Crippen molar-refractivity contribution in [1.82, 2.24) is 9.80 Å². The van der Waals surface area contributed by atoms with E-state index in [1.807, 2.05) is 6.07 Å². The van der Waals surface area contributed by atoms with Crippen molar-refractivity contribution < 1.29 is 23.9 Å². The molecule has 1 aromatic carbocycles. The van der Waals surface area contributed by atoms with Crippen LogP contribution < -0.4 is 4.74 Å². The van der Waals surface area contributed by atoms with E-state index < -0.39 is 27.2 Å². The maximum absolute atomic E-state index is 13.5. The molecular formula is C19H21BrN2O5S. The smallest absolute Gasteiger partial charge is 0.314 e. The number of nitrogens with zero attached hydrogens (tertiary/aromatic N) is 2. The van der Waals surface area contributed by atoms with Crippen LogP contribution >= 0.6 is 27.7 Å². The summed E-state index contributed by atoms with van der Waals surface area (Å²) in [6, 6.07) is 4.75. The lowest BCUT2D eigenvalue weighted by Gasteiger charge is -2.40. The largest absolute Gasteiger partial charge is 0.497 e. The van der Waals surface area contributed by atoms with E-state index in [0.717, 1.165) is 4.47 Å². The van der Waals surface area contributed by atoms with Crippen LogP contribution in [0.25, 0.3) is 0 Å². The lowest BCUT2D eigenvalue weighted by atomic mass is 9.78. The summed E-state index contributed by atoms with van der Waals surface area (Å²) < 4.78 is 11.2. The second kappa shape index (κ2) is 5.89. The molecule has 2 amide bonds. The molecule has 3 fully saturated rings. The van der Waals surface area contributed by atoms with E-state index in [2.05, 4.69) is 15.9 Å². The van der Waals surface area contributed by atoms with E-state index in [-0.39, 0.29) is 18.2 Å². The van der Waals surface area contributed by atoms with Crippen LogP contribution in [-0.2, 0) is 19.1 Å². The van der Waals surface area contributed by atoms with Gasteiger partial charge in [0.05, 0.1) is 25.7 Å². The molecule has 0 saturated carbocycles. The predicted octanol–water partition coefficient (Wildman–Crippen LogP) is 2.54. The third-order valence-corrected chi connectivity index (χ3v) is 8.69. The molecule has 0 N–H and O–H groups in total. The van der Waals surface area contributed by atoms with Crippen molar-refractivity contribution in [2.24, 2.45) is 5.41 Å². The number of carbonyl (C=O) groups excluding carboxylic acids is 3. The number of fused-ring (bicyclic) bond motifs is 1. The number of thioether (sulfide) groups is 1. The van der Waals surface area contributed by atoms with Crippen LogP contribution in [0.2, 0.25) is 0 Å². The Morgan fingerprint density at radius 3 is 2.54 bits per heavy atom. The number of halogens is 1. The van der Waals surface area contributed by atoms with Gasteiger partial charge < -0.3 is 19.3 Å². The fourth-order valence-electron chi connectivity index (χ4n) is 4.78. The Bertz CT molecular complexity index is 926. The van der Waals surface area contributed by atoms with Crippen LogP contribution in [0.1, 0.15) is 31.9 Å². The molecular weight excluding hydrogens is 448 g/mol. The summed E-state index contributed by atoms with van der Waals surface area (Å²) in [6.45, 7) is 3.53. The maximum atomic E-state index is 13.5. The second-order valence-corrected chi connectivity index (χ2v) is 10.3. The molecule has 1 spiro atoms. The standard InChI is InChI=1S/C19H21BrN2O5S/c1-17(16(25)27-5)9-19-15(24)21(3)18(2,28-19)14(23)22(19)13(17)11-8-10(26-4)6-7-12(11)20/h6-8,13H,9H2,1-5H3/t13-,17-,18-,19-/m0/s1. The van der Waals surface area contributed by atoms with Gasteiger partial charge in [-0.05, 0) is 37.6 Å². The van der Waals surface area contributed by atoms with Crippen molar-refractivity contribution in [1.29, 1.82) is 0 Å². The number of methoxy groups -OCH3 is 2. The van der Waals surface area contributed by atoms with Crippen LogP contribution in [0.4, 0.5) is 0 Å². The highest BCUT2D eigenvalue weighted by Crippen LogP contribution is 2.70. The fraction of sp³-hybridized carbons (Fsp3) is 0.526. The van der Waals surface area contributed by atoms with Gasteiger partial charge in [-0.15, -0.1) is 0 Å². The lowest BCUT2D eigenvalue weighted by molar-refractivity contribution is -0.160. The molecule has 150 valence electrons. The van der Waals surface area contributed by atoms with Crippen molar-refractivity contribution in [3.63, 3.8) is 0 Å². The quantitative estimate of drug-likeness (QED) is 0.634. The van der Waals surface area contributed by atoms with Gasteiger partial charge in [0, 0.05) is 17.9 Å². The minimum Gasteiger partial charge on any atom is -0.497 e.